The fraction of sp³-hybridized carbons (Fsp3) is 0.235. The second-order valence-electron chi connectivity index (χ2n) is 5.05. The lowest BCUT2D eigenvalue weighted by Crippen LogP contribution is -2.20. The molecule has 0 amide bonds. The van der Waals surface area contributed by atoms with Gasteiger partial charge in [-0.1, -0.05) is 29.8 Å². The molecule has 3 nitrogen and oxygen atoms in total. The number of hydrogen-bond donors (Lipinski definition) is 2. The van der Waals surface area contributed by atoms with E-state index in [0.717, 1.165) is 17.1 Å². The van der Waals surface area contributed by atoms with Crippen LogP contribution in [-0.2, 0) is 0 Å². The number of anilines is 2. The quantitative estimate of drug-likeness (QED) is 0.822. The Morgan fingerprint density at radius 1 is 1.00 bits per heavy atom. The Bertz CT molecular complexity index is 645. The maximum Gasteiger partial charge on any atom is 0.175 e. The summed E-state index contributed by atoms with van der Waals surface area (Å²) < 4.78 is 5.31. The SMILES string of the molecule is COc1ccccc1NC(=S)Nc1c(C)cc(C)cc1C. The average Bonchev–Trinajstić information content (AvgIpc) is 2.43. The van der Waals surface area contributed by atoms with E-state index in [9.17, 15) is 0 Å². The van der Waals surface area contributed by atoms with Crippen molar-refractivity contribution in [2.45, 2.75) is 20.8 Å². The zero-order valence-electron chi connectivity index (χ0n) is 12.8. The van der Waals surface area contributed by atoms with Gasteiger partial charge in [-0.2, -0.15) is 0 Å². The van der Waals surface area contributed by atoms with Crippen molar-refractivity contribution in [3.05, 3.63) is 53.1 Å². The van der Waals surface area contributed by atoms with Crippen LogP contribution in [0.2, 0.25) is 0 Å². The summed E-state index contributed by atoms with van der Waals surface area (Å²) in [7, 11) is 1.64. The highest BCUT2D eigenvalue weighted by Gasteiger charge is 2.08. The number of aryl methyl sites for hydroxylation is 3. The minimum atomic E-state index is 0.551. The average molecular weight is 300 g/mol. The molecule has 0 aliphatic carbocycles. The largest absolute Gasteiger partial charge is 0.495 e. The molecule has 0 saturated carbocycles. The van der Waals surface area contributed by atoms with E-state index in [0.29, 0.717) is 5.11 Å². The van der Waals surface area contributed by atoms with E-state index in [1.54, 1.807) is 7.11 Å². The van der Waals surface area contributed by atoms with Gasteiger partial charge in [0.1, 0.15) is 5.75 Å². The maximum absolute atomic E-state index is 5.40. The summed E-state index contributed by atoms with van der Waals surface area (Å²) in [6, 6.07) is 12.0. The molecule has 0 bridgehead atoms. The number of benzene rings is 2. The van der Waals surface area contributed by atoms with E-state index < -0.39 is 0 Å². The molecule has 2 aromatic carbocycles. The summed E-state index contributed by atoms with van der Waals surface area (Å²) in [6.45, 7) is 6.25. The van der Waals surface area contributed by atoms with Gasteiger partial charge in [0.05, 0.1) is 12.8 Å². The minimum Gasteiger partial charge on any atom is -0.495 e. The van der Waals surface area contributed by atoms with E-state index >= 15 is 0 Å². The van der Waals surface area contributed by atoms with Gasteiger partial charge in [-0.05, 0) is 56.2 Å². The Hall–Kier alpha value is -2.07. The van der Waals surface area contributed by atoms with Gasteiger partial charge in [0.25, 0.3) is 0 Å². The second-order valence-corrected chi connectivity index (χ2v) is 5.46. The van der Waals surface area contributed by atoms with Crippen molar-refractivity contribution in [2.24, 2.45) is 0 Å². The number of rotatable bonds is 3. The van der Waals surface area contributed by atoms with E-state index in [1.165, 1.54) is 16.7 Å². The van der Waals surface area contributed by atoms with Crippen molar-refractivity contribution in [3.63, 3.8) is 0 Å². The zero-order chi connectivity index (χ0) is 15.4. The van der Waals surface area contributed by atoms with Gasteiger partial charge < -0.3 is 15.4 Å². The lowest BCUT2D eigenvalue weighted by Gasteiger charge is -2.16. The predicted molar refractivity (Wildman–Crippen MR) is 93.5 cm³/mol. The lowest BCUT2D eigenvalue weighted by molar-refractivity contribution is 0.417. The number of para-hydroxylation sites is 2. The molecule has 2 N–H and O–H groups in total. The molecule has 0 heterocycles. The molecule has 21 heavy (non-hydrogen) atoms. The lowest BCUT2D eigenvalue weighted by atomic mass is 10.1. The van der Waals surface area contributed by atoms with Crippen LogP contribution in [0.1, 0.15) is 16.7 Å². The highest BCUT2D eigenvalue weighted by atomic mass is 32.1. The van der Waals surface area contributed by atoms with Crippen molar-refractivity contribution in [3.8, 4) is 5.75 Å². The summed E-state index contributed by atoms with van der Waals surface area (Å²) in [5, 5.41) is 7.00. The number of ether oxygens (including phenoxy) is 1. The molecule has 0 spiro atoms. The van der Waals surface area contributed by atoms with Gasteiger partial charge in [0.15, 0.2) is 5.11 Å². The highest BCUT2D eigenvalue weighted by Crippen LogP contribution is 2.25. The maximum atomic E-state index is 5.40. The Morgan fingerprint density at radius 2 is 1.62 bits per heavy atom. The molecule has 110 valence electrons. The van der Waals surface area contributed by atoms with Crippen LogP contribution in [0.25, 0.3) is 0 Å². The summed E-state index contributed by atoms with van der Waals surface area (Å²) in [4.78, 5) is 0. The second kappa shape index (κ2) is 6.59. The molecular formula is C17H20N2OS. The molecule has 0 aromatic heterocycles. The molecular weight excluding hydrogens is 280 g/mol. The van der Waals surface area contributed by atoms with Gasteiger partial charge in [-0.3, -0.25) is 0 Å². The van der Waals surface area contributed by atoms with E-state index in [-0.39, 0.29) is 0 Å². The molecule has 0 radical (unpaired) electrons. The highest BCUT2D eigenvalue weighted by molar-refractivity contribution is 7.80. The van der Waals surface area contributed by atoms with Gasteiger partial charge in [0, 0.05) is 5.69 Å². The molecule has 4 heteroatoms. The molecule has 2 aromatic rings. The van der Waals surface area contributed by atoms with Gasteiger partial charge in [0.2, 0.25) is 0 Å². The van der Waals surface area contributed by atoms with Crippen molar-refractivity contribution >= 4 is 28.7 Å². The van der Waals surface area contributed by atoms with Crippen molar-refractivity contribution in [2.75, 3.05) is 17.7 Å². The third-order valence-corrected chi connectivity index (χ3v) is 3.47. The van der Waals surface area contributed by atoms with Crippen LogP contribution in [0.5, 0.6) is 5.75 Å². The predicted octanol–water partition coefficient (Wildman–Crippen LogP) is 4.43. The molecule has 2 rings (SSSR count). The third-order valence-electron chi connectivity index (χ3n) is 3.27. The Kier molecular flexibility index (Phi) is 4.81. The van der Waals surface area contributed by atoms with Crippen molar-refractivity contribution in [1.82, 2.24) is 0 Å². The first-order valence-corrected chi connectivity index (χ1v) is 7.21. The smallest absolute Gasteiger partial charge is 0.175 e. The molecule has 0 atom stereocenters. The van der Waals surface area contributed by atoms with E-state index in [1.807, 2.05) is 24.3 Å². The van der Waals surface area contributed by atoms with Crippen LogP contribution in [0, 0.1) is 20.8 Å². The summed E-state index contributed by atoms with van der Waals surface area (Å²) in [5.74, 6) is 0.763. The monoisotopic (exact) mass is 300 g/mol. The summed E-state index contributed by atoms with van der Waals surface area (Å²) >= 11 is 5.40. The molecule has 0 aliphatic rings. The van der Waals surface area contributed by atoms with Crippen LogP contribution >= 0.6 is 12.2 Å². The molecule has 0 aliphatic heterocycles. The molecule has 0 fully saturated rings. The van der Waals surface area contributed by atoms with Crippen molar-refractivity contribution < 1.29 is 4.74 Å². The van der Waals surface area contributed by atoms with Crippen LogP contribution in [-0.4, -0.2) is 12.2 Å². The topological polar surface area (TPSA) is 33.3 Å². The van der Waals surface area contributed by atoms with Gasteiger partial charge in [-0.25, -0.2) is 0 Å². The number of hydrogen-bond acceptors (Lipinski definition) is 2. The van der Waals surface area contributed by atoms with Gasteiger partial charge >= 0.3 is 0 Å². The first kappa shape index (κ1) is 15.3. The van der Waals surface area contributed by atoms with Gasteiger partial charge in [-0.15, -0.1) is 0 Å². The Balaban J connectivity index is 2.16. The normalized spacial score (nSPS) is 10.1. The van der Waals surface area contributed by atoms with Crippen LogP contribution in [0.15, 0.2) is 36.4 Å². The van der Waals surface area contributed by atoms with Crippen LogP contribution in [0.3, 0.4) is 0 Å². The minimum absolute atomic E-state index is 0.551. The first-order valence-electron chi connectivity index (χ1n) is 6.80. The molecule has 0 unspecified atom stereocenters. The first-order chi connectivity index (χ1) is 10.0. The Morgan fingerprint density at radius 3 is 2.24 bits per heavy atom. The van der Waals surface area contributed by atoms with E-state index in [2.05, 4.69) is 43.5 Å². The number of nitrogens with one attached hydrogen (secondary N) is 2. The van der Waals surface area contributed by atoms with Crippen LogP contribution in [0.4, 0.5) is 11.4 Å². The third kappa shape index (κ3) is 3.73. The number of methoxy groups -OCH3 is 1. The fourth-order valence-electron chi connectivity index (χ4n) is 2.39. The Labute approximate surface area is 131 Å². The van der Waals surface area contributed by atoms with E-state index in [4.69, 9.17) is 17.0 Å². The standard InChI is InChI=1S/C17H20N2OS/c1-11-9-12(2)16(13(3)10-11)19-17(21)18-14-7-5-6-8-15(14)20-4/h5-10H,1-4H3,(H2,18,19,21). The zero-order valence-corrected chi connectivity index (χ0v) is 13.6. The summed E-state index contributed by atoms with van der Waals surface area (Å²) in [5.41, 5.74) is 5.50. The molecule has 0 saturated heterocycles. The number of thiocarbonyl (C=S) groups is 1. The summed E-state index contributed by atoms with van der Waals surface area (Å²) in [6.07, 6.45) is 0. The van der Waals surface area contributed by atoms with Crippen molar-refractivity contribution in [1.29, 1.82) is 0 Å². The fourth-order valence-corrected chi connectivity index (χ4v) is 2.60. The van der Waals surface area contributed by atoms with Crippen LogP contribution < -0.4 is 15.4 Å².